The minimum Gasteiger partial charge on any atom is -0.497 e. The molecule has 0 spiro atoms. The van der Waals surface area contributed by atoms with Gasteiger partial charge in [-0.25, -0.2) is 15.1 Å². The standard InChI is InChI=1S/C49H50N2O7S/c1-54-45-27-25-44(26-28-45)49(42-14-4-2-5-15-42,43-16-6-3-7-17-43)59-33-32-57-48(53)56-31-29-51(36-38-21-22-39-12-8-9-13-41(39)34-38)35-37-19-23-40(24-20-37)47(52)50-58-46-18-10-11-30-55-46/h2-9,12-17,19-28,34,46H,10-11,18,29-33,35-36H2,1H3,(H,50,52). The lowest BCUT2D eigenvalue weighted by molar-refractivity contribution is -0.186. The highest BCUT2D eigenvalue weighted by Crippen LogP contribution is 2.48. The quantitative estimate of drug-likeness (QED) is 0.0394. The zero-order valence-electron chi connectivity index (χ0n) is 33.3. The number of amides is 1. The van der Waals surface area contributed by atoms with Crippen LogP contribution in [0.25, 0.3) is 10.8 Å². The van der Waals surface area contributed by atoms with E-state index in [1.54, 1.807) is 31.0 Å². The van der Waals surface area contributed by atoms with Crippen molar-refractivity contribution in [3.8, 4) is 5.75 Å². The molecule has 1 atom stereocenters. The molecular weight excluding hydrogens is 761 g/mol. The number of carbonyl (C=O) groups excluding carboxylic acids is 2. The molecule has 1 unspecified atom stereocenters. The number of ether oxygens (including phenoxy) is 4. The predicted octanol–water partition coefficient (Wildman–Crippen LogP) is 9.92. The molecule has 1 saturated heterocycles. The average Bonchev–Trinajstić information content (AvgIpc) is 3.29. The second-order valence-electron chi connectivity index (χ2n) is 14.4. The second-order valence-corrected chi connectivity index (χ2v) is 15.7. The zero-order chi connectivity index (χ0) is 40.7. The van der Waals surface area contributed by atoms with Crippen molar-refractivity contribution in [3.05, 3.63) is 185 Å². The normalized spacial score (nSPS) is 14.2. The van der Waals surface area contributed by atoms with Crippen LogP contribution in [0.2, 0.25) is 0 Å². The van der Waals surface area contributed by atoms with Gasteiger partial charge in [0.1, 0.15) is 19.0 Å². The van der Waals surface area contributed by atoms with Gasteiger partial charge in [-0.1, -0.05) is 121 Å². The molecule has 6 aromatic carbocycles. The summed E-state index contributed by atoms with van der Waals surface area (Å²) in [6.45, 7) is 2.61. The van der Waals surface area contributed by atoms with Crippen molar-refractivity contribution in [2.45, 2.75) is 43.4 Å². The highest BCUT2D eigenvalue weighted by molar-refractivity contribution is 8.00. The molecule has 0 aromatic heterocycles. The summed E-state index contributed by atoms with van der Waals surface area (Å²) in [5.41, 5.74) is 8.49. The van der Waals surface area contributed by atoms with E-state index in [1.165, 1.54) is 5.39 Å². The highest BCUT2D eigenvalue weighted by atomic mass is 32.2. The summed E-state index contributed by atoms with van der Waals surface area (Å²) in [4.78, 5) is 33.5. The molecule has 6 aromatic rings. The summed E-state index contributed by atoms with van der Waals surface area (Å²) in [5, 5.41) is 2.34. The van der Waals surface area contributed by atoms with Gasteiger partial charge in [0.15, 0.2) is 6.29 Å². The van der Waals surface area contributed by atoms with E-state index in [2.05, 4.69) is 77.1 Å². The third-order valence-corrected chi connectivity index (χ3v) is 11.9. The van der Waals surface area contributed by atoms with Gasteiger partial charge in [-0.15, -0.1) is 11.8 Å². The van der Waals surface area contributed by atoms with E-state index in [4.69, 9.17) is 23.8 Å². The number of hydrogen-bond acceptors (Lipinski definition) is 9. The lowest BCUT2D eigenvalue weighted by Crippen LogP contribution is -2.33. The molecule has 1 N–H and O–H groups in total. The van der Waals surface area contributed by atoms with Gasteiger partial charge in [0.25, 0.3) is 5.91 Å². The van der Waals surface area contributed by atoms with Crippen LogP contribution in [0, 0.1) is 0 Å². The predicted molar refractivity (Wildman–Crippen MR) is 232 cm³/mol. The largest absolute Gasteiger partial charge is 0.508 e. The van der Waals surface area contributed by atoms with Crippen molar-refractivity contribution in [2.75, 3.05) is 39.2 Å². The Balaban J connectivity index is 0.972. The van der Waals surface area contributed by atoms with Crippen LogP contribution >= 0.6 is 11.8 Å². The van der Waals surface area contributed by atoms with E-state index in [0.29, 0.717) is 37.6 Å². The number of rotatable bonds is 18. The van der Waals surface area contributed by atoms with Crippen LogP contribution in [0.3, 0.4) is 0 Å². The molecule has 1 fully saturated rings. The third kappa shape index (κ3) is 11.1. The highest BCUT2D eigenvalue weighted by Gasteiger charge is 2.37. The van der Waals surface area contributed by atoms with Crippen molar-refractivity contribution in [3.63, 3.8) is 0 Å². The smallest absolute Gasteiger partial charge is 0.497 e. The Bertz CT molecular complexity index is 2190. The number of hydrogen-bond donors (Lipinski definition) is 1. The van der Waals surface area contributed by atoms with Crippen LogP contribution < -0.4 is 10.2 Å². The molecule has 1 heterocycles. The Kier molecular flexibility index (Phi) is 14.7. The minimum atomic E-state index is -0.707. The number of thioether (sulfide) groups is 1. The minimum absolute atomic E-state index is 0.143. The number of methoxy groups -OCH3 is 1. The first kappa shape index (κ1) is 41.5. The fraction of sp³-hybridized carbons (Fsp3) is 0.265. The number of nitrogens with one attached hydrogen (secondary N) is 1. The van der Waals surface area contributed by atoms with E-state index in [-0.39, 0.29) is 19.1 Å². The van der Waals surface area contributed by atoms with Gasteiger partial charge in [-0.2, -0.15) is 0 Å². The number of hydroxylamine groups is 1. The topological polar surface area (TPSA) is 95.6 Å². The number of fused-ring (bicyclic) bond motifs is 1. The summed E-state index contributed by atoms with van der Waals surface area (Å²) in [6, 6.07) is 51.1. The molecule has 0 saturated carbocycles. The van der Waals surface area contributed by atoms with Gasteiger partial charge in [-0.05, 0) is 81.8 Å². The van der Waals surface area contributed by atoms with Crippen LogP contribution in [-0.2, 0) is 36.9 Å². The molecule has 304 valence electrons. The Morgan fingerprint density at radius 1 is 0.712 bits per heavy atom. The zero-order valence-corrected chi connectivity index (χ0v) is 34.1. The first-order valence-corrected chi connectivity index (χ1v) is 21.0. The molecule has 0 radical (unpaired) electrons. The monoisotopic (exact) mass is 810 g/mol. The van der Waals surface area contributed by atoms with E-state index < -0.39 is 17.2 Å². The van der Waals surface area contributed by atoms with Crippen LogP contribution in [0.5, 0.6) is 5.75 Å². The number of benzene rings is 6. The molecule has 1 aliphatic heterocycles. The van der Waals surface area contributed by atoms with Crippen LogP contribution in [0.1, 0.15) is 57.4 Å². The SMILES string of the molecule is COc1ccc(C(SCCOC(=O)OCCN(Cc2ccc(C(=O)NOC3CCCCO3)cc2)Cc2ccc3ccccc3c2)(c2ccccc2)c2ccccc2)cc1. The Morgan fingerprint density at radius 3 is 2.02 bits per heavy atom. The fourth-order valence-electron chi connectivity index (χ4n) is 7.35. The third-order valence-electron chi connectivity index (χ3n) is 10.4. The molecule has 0 bridgehead atoms. The van der Waals surface area contributed by atoms with Crippen molar-refractivity contribution in [1.82, 2.24) is 10.4 Å². The maximum Gasteiger partial charge on any atom is 0.508 e. The van der Waals surface area contributed by atoms with Crippen molar-refractivity contribution in [1.29, 1.82) is 0 Å². The Labute approximate surface area is 350 Å². The maximum absolute atomic E-state index is 13.0. The van der Waals surface area contributed by atoms with Gasteiger partial charge in [-0.3, -0.25) is 9.69 Å². The van der Waals surface area contributed by atoms with Gasteiger partial charge >= 0.3 is 6.16 Å². The molecule has 9 nitrogen and oxygen atoms in total. The molecule has 7 rings (SSSR count). The first-order chi connectivity index (χ1) is 29.0. The Hall–Kier alpha value is -5.65. The van der Waals surface area contributed by atoms with Crippen molar-refractivity contribution in [2.24, 2.45) is 0 Å². The number of nitrogens with zero attached hydrogens (tertiary/aromatic N) is 1. The van der Waals surface area contributed by atoms with Crippen molar-refractivity contribution < 1.29 is 33.4 Å². The summed E-state index contributed by atoms with van der Waals surface area (Å²) in [5.74, 6) is 0.980. The lowest BCUT2D eigenvalue weighted by Gasteiger charge is -2.35. The summed E-state index contributed by atoms with van der Waals surface area (Å²) in [7, 11) is 1.66. The first-order valence-electron chi connectivity index (χ1n) is 20.1. The molecule has 1 amide bonds. The van der Waals surface area contributed by atoms with Gasteiger partial charge < -0.3 is 18.9 Å². The average molecular weight is 811 g/mol. The van der Waals surface area contributed by atoms with E-state index in [0.717, 1.165) is 58.2 Å². The summed E-state index contributed by atoms with van der Waals surface area (Å²) >= 11 is 1.71. The molecule has 0 aliphatic carbocycles. The Morgan fingerprint density at radius 2 is 1.34 bits per heavy atom. The molecule has 10 heteroatoms. The second kappa shape index (κ2) is 20.9. The van der Waals surface area contributed by atoms with Crippen LogP contribution in [0.4, 0.5) is 4.79 Å². The van der Waals surface area contributed by atoms with E-state index >= 15 is 0 Å². The molecule has 59 heavy (non-hydrogen) atoms. The maximum atomic E-state index is 13.0. The van der Waals surface area contributed by atoms with E-state index in [9.17, 15) is 9.59 Å². The van der Waals surface area contributed by atoms with Gasteiger partial charge in [0.05, 0.1) is 11.9 Å². The lowest BCUT2D eigenvalue weighted by atomic mass is 9.84. The number of carbonyl (C=O) groups is 2. The molecule has 1 aliphatic rings. The van der Waals surface area contributed by atoms with Gasteiger partial charge in [0.2, 0.25) is 0 Å². The van der Waals surface area contributed by atoms with E-state index in [1.807, 2.05) is 72.8 Å². The van der Waals surface area contributed by atoms with Gasteiger partial charge in [0, 0.05) is 44.0 Å². The summed E-state index contributed by atoms with van der Waals surface area (Å²) in [6.07, 6.45) is 1.64. The van der Waals surface area contributed by atoms with Crippen LogP contribution in [0.15, 0.2) is 152 Å². The van der Waals surface area contributed by atoms with Crippen molar-refractivity contribution >= 4 is 34.6 Å². The fourth-order valence-corrected chi connectivity index (χ4v) is 8.73. The molecular formula is C49H50N2O7S. The van der Waals surface area contributed by atoms with Crippen LogP contribution in [-0.4, -0.2) is 62.5 Å². The summed E-state index contributed by atoms with van der Waals surface area (Å²) < 4.78 is 21.8.